The zero-order valence-corrected chi connectivity index (χ0v) is 20.5. The quantitative estimate of drug-likeness (QED) is 0.431. The first-order chi connectivity index (χ1) is 16.9. The lowest BCUT2D eigenvalue weighted by Gasteiger charge is -2.35. The summed E-state index contributed by atoms with van der Waals surface area (Å²) in [7, 11) is 0. The van der Waals surface area contributed by atoms with Crippen molar-refractivity contribution in [3.8, 4) is 23.1 Å². The maximum absolute atomic E-state index is 13.9. The highest BCUT2D eigenvalue weighted by Crippen LogP contribution is 2.26. The Labute approximate surface area is 205 Å². The largest absolute Gasteiger partial charge is 0.301 e. The summed E-state index contributed by atoms with van der Waals surface area (Å²) in [5, 5.41) is 13.7. The Bertz CT molecular complexity index is 1460. The van der Waals surface area contributed by atoms with Crippen LogP contribution < -0.4 is 5.56 Å². The van der Waals surface area contributed by atoms with Crippen LogP contribution in [0.3, 0.4) is 0 Å². The van der Waals surface area contributed by atoms with Gasteiger partial charge in [-0.05, 0) is 75.9 Å². The lowest BCUT2D eigenvalue weighted by molar-refractivity contribution is 0.130. The Morgan fingerprint density at radius 2 is 1.91 bits per heavy atom. The third-order valence-electron chi connectivity index (χ3n) is 6.99. The molecule has 1 fully saturated rings. The summed E-state index contributed by atoms with van der Waals surface area (Å²) in [5.74, 6) is 1.08. The molecule has 0 amide bonds. The molecule has 0 bridgehead atoms. The van der Waals surface area contributed by atoms with Gasteiger partial charge in [-0.15, -0.1) is 0 Å². The monoisotopic (exact) mass is 466 g/mol. The molecule has 5 rings (SSSR count). The topological polar surface area (TPSA) is 79.7 Å². The second-order valence-corrected chi connectivity index (χ2v) is 9.73. The molecule has 7 heteroatoms. The second kappa shape index (κ2) is 9.47. The van der Waals surface area contributed by atoms with Crippen LogP contribution >= 0.6 is 0 Å². The van der Waals surface area contributed by atoms with Gasteiger partial charge in [-0.3, -0.25) is 9.36 Å². The van der Waals surface area contributed by atoms with E-state index in [9.17, 15) is 4.79 Å². The molecule has 3 heterocycles. The van der Waals surface area contributed by atoms with E-state index in [1.807, 2.05) is 34.9 Å². The normalized spacial score (nSPS) is 16.6. The van der Waals surface area contributed by atoms with Gasteiger partial charge in [-0.2, -0.15) is 10.4 Å². The number of nitrogens with zero attached hydrogens (tertiary/aromatic N) is 6. The number of rotatable bonds is 5. The molecule has 0 aliphatic carbocycles. The molecule has 0 saturated carbocycles. The predicted octanol–water partition coefficient (Wildman–Crippen LogP) is 4.55. The number of fused-ring (bicyclic) bond motifs is 1. The average molecular weight is 467 g/mol. The number of aryl methyl sites for hydroxylation is 1. The number of likely N-dealkylation sites (tertiary alicyclic amines) is 1. The minimum Gasteiger partial charge on any atom is -0.301 e. The van der Waals surface area contributed by atoms with Crippen molar-refractivity contribution in [1.29, 1.82) is 5.26 Å². The predicted molar refractivity (Wildman–Crippen MR) is 137 cm³/mol. The number of benzene rings is 2. The molecular formula is C28H30N6O. The van der Waals surface area contributed by atoms with Crippen molar-refractivity contribution in [3.63, 3.8) is 0 Å². The molecule has 1 unspecified atom stereocenters. The van der Waals surface area contributed by atoms with Gasteiger partial charge in [0.2, 0.25) is 0 Å². The summed E-state index contributed by atoms with van der Waals surface area (Å²) in [6.07, 6.45) is 4.03. The van der Waals surface area contributed by atoms with E-state index in [0.717, 1.165) is 42.7 Å². The van der Waals surface area contributed by atoms with E-state index < -0.39 is 0 Å². The van der Waals surface area contributed by atoms with Gasteiger partial charge in [0.05, 0.1) is 23.5 Å². The lowest BCUT2D eigenvalue weighted by atomic mass is 9.96. The summed E-state index contributed by atoms with van der Waals surface area (Å²) < 4.78 is 3.52. The summed E-state index contributed by atoms with van der Waals surface area (Å²) in [6, 6.07) is 17.9. The zero-order chi connectivity index (χ0) is 24.5. The average Bonchev–Trinajstić information content (AvgIpc) is 3.31. The van der Waals surface area contributed by atoms with Crippen LogP contribution in [0.25, 0.3) is 28.1 Å². The van der Waals surface area contributed by atoms with Gasteiger partial charge < -0.3 is 4.90 Å². The molecular weight excluding hydrogens is 436 g/mol. The van der Waals surface area contributed by atoms with Gasteiger partial charge in [0, 0.05) is 24.7 Å². The summed E-state index contributed by atoms with van der Waals surface area (Å²) in [5.41, 5.74) is 4.24. The van der Waals surface area contributed by atoms with Crippen LogP contribution in [-0.2, 0) is 6.54 Å². The standard InChI is InChI=1S/C28H30N6O/c1-19(2)32-14-6-8-22(16-32)17-33-27(24-9-5-4-7-20(24)3)30-25-18-34(31-26(25)28(33)35)23-12-10-21(15-29)11-13-23/h4-5,7,9-13,18-19,22H,6,8,14,16-17H2,1-3H3. The lowest BCUT2D eigenvalue weighted by Crippen LogP contribution is -2.42. The van der Waals surface area contributed by atoms with Gasteiger partial charge in [-0.25, -0.2) is 9.67 Å². The molecule has 1 atom stereocenters. The fourth-order valence-corrected chi connectivity index (χ4v) is 4.99. The van der Waals surface area contributed by atoms with Gasteiger partial charge in [0.25, 0.3) is 5.56 Å². The van der Waals surface area contributed by atoms with E-state index in [2.05, 4.69) is 42.9 Å². The van der Waals surface area contributed by atoms with Crippen molar-refractivity contribution >= 4 is 11.0 Å². The Morgan fingerprint density at radius 1 is 1.14 bits per heavy atom. The molecule has 2 aromatic carbocycles. The van der Waals surface area contributed by atoms with Crippen molar-refractivity contribution in [3.05, 3.63) is 76.2 Å². The first kappa shape index (κ1) is 23.0. The van der Waals surface area contributed by atoms with Crippen molar-refractivity contribution in [2.45, 2.75) is 46.2 Å². The van der Waals surface area contributed by atoms with E-state index in [1.54, 1.807) is 23.0 Å². The van der Waals surface area contributed by atoms with Gasteiger partial charge >= 0.3 is 0 Å². The number of piperidine rings is 1. The third-order valence-corrected chi connectivity index (χ3v) is 6.99. The van der Waals surface area contributed by atoms with Gasteiger partial charge in [-0.1, -0.05) is 24.3 Å². The number of nitriles is 1. The van der Waals surface area contributed by atoms with E-state index in [-0.39, 0.29) is 5.56 Å². The van der Waals surface area contributed by atoms with Crippen LogP contribution in [0.2, 0.25) is 0 Å². The van der Waals surface area contributed by atoms with Crippen LogP contribution in [0, 0.1) is 24.2 Å². The van der Waals surface area contributed by atoms with Crippen LogP contribution in [0.1, 0.15) is 37.8 Å². The van der Waals surface area contributed by atoms with Crippen molar-refractivity contribution < 1.29 is 0 Å². The van der Waals surface area contributed by atoms with E-state index in [4.69, 9.17) is 10.2 Å². The minimum atomic E-state index is -0.109. The molecule has 4 aromatic rings. The summed E-state index contributed by atoms with van der Waals surface area (Å²) in [4.78, 5) is 21.3. The summed E-state index contributed by atoms with van der Waals surface area (Å²) >= 11 is 0. The third kappa shape index (κ3) is 4.50. The highest BCUT2D eigenvalue weighted by molar-refractivity contribution is 5.76. The summed E-state index contributed by atoms with van der Waals surface area (Å²) in [6.45, 7) is 9.23. The maximum Gasteiger partial charge on any atom is 0.282 e. The highest BCUT2D eigenvalue weighted by Gasteiger charge is 2.25. The van der Waals surface area contributed by atoms with Crippen LogP contribution in [0.5, 0.6) is 0 Å². The zero-order valence-electron chi connectivity index (χ0n) is 20.5. The fraction of sp³-hybridized carbons (Fsp3) is 0.357. The number of hydrogen-bond donors (Lipinski definition) is 0. The Hall–Kier alpha value is -3.76. The molecule has 35 heavy (non-hydrogen) atoms. The molecule has 0 N–H and O–H groups in total. The number of hydrogen-bond acceptors (Lipinski definition) is 5. The number of aromatic nitrogens is 4. The molecule has 178 valence electrons. The first-order valence-electron chi connectivity index (χ1n) is 12.3. The Kier molecular flexibility index (Phi) is 6.23. The molecule has 7 nitrogen and oxygen atoms in total. The van der Waals surface area contributed by atoms with Crippen LogP contribution in [0.4, 0.5) is 0 Å². The van der Waals surface area contributed by atoms with Crippen LogP contribution in [-0.4, -0.2) is 43.4 Å². The van der Waals surface area contributed by atoms with E-state index in [0.29, 0.717) is 40.9 Å². The van der Waals surface area contributed by atoms with Crippen LogP contribution in [0.15, 0.2) is 59.5 Å². The molecule has 1 aliphatic heterocycles. The first-order valence-corrected chi connectivity index (χ1v) is 12.3. The van der Waals surface area contributed by atoms with Gasteiger partial charge in [0.1, 0.15) is 11.3 Å². The van der Waals surface area contributed by atoms with E-state index in [1.165, 1.54) is 0 Å². The molecule has 0 radical (unpaired) electrons. The van der Waals surface area contributed by atoms with E-state index >= 15 is 0 Å². The fourth-order valence-electron chi connectivity index (χ4n) is 4.99. The minimum absolute atomic E-state index is 0.109. The Morgan fingerprint density at radius 3 is 2.63 bits per heavy atom. The second-order valence-electron chi connectivity index (χ2n) is 9.73. The molecule has 1 saturated heterocycles. The Balaban J connectivity index is 1.62. The van der Waals surface area contributed by atoms with Crippen molar-refractivity contribution in [1.82, 2.24) is 24.2 Å². The maximum atomic E-state index is 13.9. The van der Waals surface area contributed by atoms with Gasteiger partial charge in [0.15, 0.2) is 5.52 Å². The molecule has 1 aliphatic rings. The van der Waals surface area contributed by atoms with Crippen molar-refractivity contribution in [2.75, 3.05) is 13.1 Å². The smallest absolute Gasteiger partial charge is 0.282 e. The molecule has 2 aromatic heterocycles. The highest BCUT2D eigenvalue weighted by atomic mass is 16.1. The van der Waals surface area contributed by atoms with Crippen molar-refractivity contribution in [2.24, 2.45) is 5.92 Å². The molecule has 0 spiro atoms. The SMILES string of the molecule is Cc1ccccc1-c1nc2cn(-c3ccc(C#N)cc3)nc2c(=O)n1CC1CCCN(C(C)C)C1.